The highest BCUT2D eigenvalue weighted by Crippen LogP contribution is 2.20. The first-order chi connectivity index (χ1) is 10.4. The lowest BCUT2D eigenvalue weighted by Crippen LogP contribution is -2.27. The summed E-state index contributed by atoms with van der Waals surface area (Å²) in [4.78, 5) is 46.1. The average molecular weight is 316 g/mol. The Balaban J connectivity index is 5.32. The van der Waals surface area contributed by atoms with Crippen molar-refractivity contribution in [3.05, 3.63) is 11.6 Å². The third kappa shape index (κ3) is 6.38. The van der Waals surface area contributed by atoms with Crippen LogP contribution < -0.4 is 0 Å². The van der Waals surface area contributed by atoms with Crippen molar-refractivity contribution in [1.29, 1.82) is 0 Å². The second-order valence-electron chi connectivity index (χ2n) is 4.12. The molecule has 0 heterocycles. The fraction of sp³-hybridized carbons (Fsp3) is 0.571. The van der Waals surface area contributed by atoms with Gasteiger partial charge in [-0.3, -0.25) is 14.4 Å². The van der Waals surface area contributed by atoms with Crippen molar-refractivity contribution in [2.45, 2.75) is 19.3 Å². The lowest BCUT2D eigenvalue weighted by molar-refractivity contribution is -0.152. The number of methoxy groups -OCH3 is 4. The summed E-state index contributed by atoms with van der Waals surface area (Å²) in [6.45, 7) is 0. The molecule has 1 unspecified atom stereocenters. The van der Waals surface area contributed by atoms with Crippen molar-refractivity contribution in [2.24, 2.45) is 5.92 Å². The lowest BCUT2D eigenvalue weighted by Gasteiger charge is -2.15. The molecule has 0 saturated heterocycles. The van der Waals surface area contributed by atoms with E-state index in [1.54, 1.807) is 0 Å². The summed E-state index contributed by atoms with van der Waals surface area (Å²) in [6, 6.07) is 0. The standard InChI is InChI=1S/C14H20O8/c1-19-11(15)7-5-6-9(13(17)21-3)10(14(18)22-4)8-12(16)20-2/h6,10H,5,7-8H2,1-4H3/b9-6+. The molecule has 0 aromatic carbocycles. The van der Waals surface area contributed by atoms with Crippen LogP contribution in [0.1, 0.15) is 19.3 Å². The van der Waals surface area contributed by atoms with Gasteiger partial charge in [-0.2, -0.15) is 0 Å². The first kappa shape index (κ1) is 19.6. The number of carbonyl (C=O) groups is 4. The molecule has 0 aliphatic heterocycles. The van der Waals surface area contributed by atoms with Gasteiger partial charge in [0.1, 0.15) is 0 Å². The fourth-order valence-corrected chi connectivity index (χ4v) is 1.65. The minimum Gasteiger partial charge on any atom is -0.469 e. The Hall–Kier alpha value is -2.38. The van der Waals surface area contributed by atoms with E-state index in [4.69, 9.17) is 0 Å². The van der Waals surface area contributed by atoms with Crippen LogP contribution in [-0.4, -0.2) is 52.3 Å². The highest BCUT2D eigenvalue weighted by molar-refractivity contribution is 5.97. The molecule has 1 atom stereocenters. The molecular formula is C14H20O8. The molecule has 22 heavy (non-hydrogen) atoms. The predicted molar refractivity (Wildman–Crippen MR) is 73.5 cm³/mol. The van der Waals surface area contributed by atoms with Crippen molar-refractivity contribution in [3.63, 3.8) is 0 Å². The van der Waals surface area contributed by atoms with Gasteiger partial charge in [-0.1, -0.05) is 6.08 Å². The van der Waals surface area contributed by atoms with Gasteiger partial charge in [0.2, 0.25) is 0 Å². The zero-order valence-electron chi connectivity index (χ0n) is 13.0. The first-order valence-corrected chi connectivity index (χ1v) is 6.41. The van der Waals surface area contributed by atoms with Gasteiger partial charge in [0.15, 0.2) is 0 Å². The highest BCUT2D eigenvalue weighted by Gasteiger charge is 2.31. The maximum Gasteiger partial charge on any atom is 0.334 e. The summed E-state index contributed by atoms with van der Waals surface area (Å²) in [7, 11) is 4.68. The van der Waals surface area contributed by atoms with Crippen molar-refractivity contribution in [1.82, 2.24) is 0 Å². The summed E-state index contributed by atoms with van der Waals surface area (Å²) in [5.74, 6) is -3.88. The largest absolute Gasteiger partial charge is 0.469 e. The summed E-state index contributed by atoms with van der Waals surface area (Å²) < 4.78 is 18.2. The summed E-state index contributed by atoms with van der Waals surface area (Å²) in [5.41, 5.74) is -0.0661. The van der Waals surface area contributed by atoms with Crippen LogP contribution >= 0.6 is 0 Å². The molecule has 8 nitrogen and oxygen atoms in total. The Morgan fingerprint density at radius 3 is 1.91 bits per heavy atom. The van der Waals surface area contributed by atoms with Crippen LogP contribution in [0.5, 0.6) is 0 Å². The van der Waals surface area contributed by atoms with E-state index in [-0.39, 0.29) is 24.8 Å². The third-order valence-corrected chi connectivity index (χ3v) is 2.82. The van der Waals surface area contributed by atoms with Gasteiger partial charge in [0.25, 0.3) is 0 Å². The molecule has 0 aliphatic rings. The van der Waals surface area contributed by atoms with Gasteiger partial charge in [0.05, 0.1) is 40.8 Å². The molecule has 0 spiro atoms. The molecule has 0 N–H and O–H groups in total. The van der Waals surface area contributed by atoms with E-state index in [0.717, 1.165) is 21.3 Å². The SMILES string of the molecule is COC(=O)CC/C=C(/C(=O)OC)C(CC(=O)OC)C(=O)OC. The fourth-order valence-electron chi connectivity index (χ4n) is 1.65. The molecule has 0 aromatic rings. The average Bonchev–Trinajstić information content (AvgIpc) is 2.54. The first-order valence-electron chi connectivity index (χ1n) is 6.41. The number of ether oxygens (including phenoxy) is 4. The molecule has 8 heteroatoms. The van der Waals surface area contributed by atoms with E-state index in [9.17, 15) is 19.2 Å². The smallest absolute Gasteiger partial charge is 0.334 e. The monoisotopic (exact) mass is 316 g/mol. The number of hydrogen-bond acceptors (Lipinski definition) is 8. The summed E-state index contributed by atoms with van der Waals surface area (Å²) >= 11 is 0. The van der Waals surface area contributed by atoms with Crippen LogP contribution in [0.25, 0.3) is 0 Å². The van der Waals surface area contributed by atoms with Gasteiger partial charge in [-0.15, -0.1) is 0 Å². The molecular weight excluding hydrogens is 296 g/mol. The van der Waals surface area contributed by atoms with Crippen LogP contribution in [0.15, 0.2) is 11.6 Å². The van der Waals surface area contributed by atoms with Crippen molar-refractivity contribution in [3.8, 4) is 0 Å². The molecule has 0 saturated carbocycles. The van der Waals surface area contributed by atoms with Gasteiger partial charge >= 0.3 is 23.9 Å². The van der Waals surface area contributed by atoms with Crippen molar-refractivity contribution < 1.29 is 38.1 Å². The molecule has 0 amide bonds. The Bertz CT molecular complexity index is 452. The quantitative estimate of drug-likeness (QED) is 0.360. The van der Waals surface area contributed by atoms with E-state index in [2.05, 4.69) is 18.9 Å². The number of esters is 4. The summed E-state index contributed by atoms with van der Waals surface area (Å²) in [5, 5.41) is 0. The number of hydrogen-bond donors (Lipinski definition) is 0. The molecule has 0 rings (SSSR count). The minimum absolute atomic E-state index is 0.0170. The van der Waals surface area contributed by atoms with E-state index in [0.29, 0.717) is 0 Å². The molecule has 0 bridgehead atoms. The van der Waals surface area contributed by atoms with Gasteiger partial charge in [0, 0.05) is 12.0 Å². The Morgan fingerprint density at radius 2 is 1.45 bits per heavy atom. The second kappa shape index (κ2) is 10.4. The van der Waals surface area contributed by atoms with E-state index >= 15 is 0 Å². The van der Waals surface area contributed by atoms with E-state index in [1.165, 1.54) is 13.2 Å². The molecule has 124 valence electrons. The van der Waals surface area contributed by atoms with Crippen LogP contribution in [0.3, 0.4) is 0 Å². The maximum absolute atomic E-state index is 11.8. The summed E-state index contributed by atoms with van der Waals surface area (Å²) in [6.07, 6.45) is 1.14. The van der Waals surface area contributed by atoms with E-state index in [1.807, 2.05) is 0 Å². The van der Waals surface area contributed by atoms with Crippen LogP contribution in [0, 0.1) is 5.92 Å². The molecule has 0 aliphatic carbocycles. The van der Waals surface area contributed by atoms with Gasteiger partial charge in [-0.05, 0) is 6.42 Å². The molecule has 0 aromatic heterocycles. The lowest BCUT2D eigenvalue weighted by atomic mass is 9.94. The van der Waals surface area contributed by atoms with Crippen LogP contribution in [0.2, 0.25) is 0 Å². The topological polar surface area (TPSA) is 105 Å². The maximum atomic E-state index is 11.8. The predicted octanol–water partition coefficient (Wildman–Crippen LogP) is 0.391. The number of allylic oxidation sites excluding steroid dienone is 1. The normalized spacial score (nSPS) is 12.1. The Labute approximate surface area is 128 Å². The number of carbonyl (C=O) groups excluding carboxylic acids is 4. The Kier molecular flexibility index (Phi) is 9.24. The highest BCUT2D eigenvalue weighted by atomic mass is 16.5. The molecule has 0 fully saturated rings. The minimum atomic E-state index is -1.16. The van der Waals surface area contributed by atoms with Crippen molar-refractivity contribution in [2.75, 3.05) is 28.4 Å². The zero-order chi connectivity index (χ0) is 17.1. The zero-order valence-corrected chi connectivity index (χ0v) is 13.0. The third-order valence-electron chi connectivity index (χ3n) is 2.82. The van der Waals surface area contributed by atoms with Gasteiger partial charge < -0.3 is 18.9 Å². The number of rotatable bonds is 8. The van der Waals surface area contributed by atoms with Gasteiger partial charge in [-0.25, -0.2) is 4.79 Å². The van der Waals surface area contributed by atoms with Crippen molar-refractivity contribution >= 4 is 23.9 Å². The Morgan fingerprint density at radius 1 is 0.864 bits per heavy atom. The van der Waals surface area contributed by atoms with E-state index < -0.39 is 29.8 Å². The molecule has 0 radical (unpaired) electrons. The second-order valence-corrected chi connectivity index (χ2v) is 4.12. The van der Waals surface area contributed by atoms with Crippen LogP contribution in [-0.2, 0) is 38.1 Å². The van der Waals surface area contributed by atoms with Crippen LogP contribution in [0.4, 0.5) is 0 Å².